The van der Waals surface area contributed by atoms with Gasteiger partial charge in [-0.1, -0.05) is 13.8 Å². The molecule has 0 fully saturated rings. The molecule has 0 saturated heterocycles. The number of carbonyl (C=O) groups excluding carboxylic acids is 4. The van der Waals surface area contributed by atoms with Gasteiger partial charge in [0.15, 0.2) is 0 Å². The van der Waals surface area contributed by atoms with Gasteiger partial charge in [-0.3, -0.25) is 19.2 Å². The van der Waals surface area contributed by atoms with Crippen molar-refractivity contribution in [1.82, 2.24) is 16.0 Å². The third-order valence-electron chi connectivity index (χ3n) is 3.81. The summed E-state index contributed by atoms with van der Waals surface area (Å²) < 4.78 is 0. The van der Waals surface area contributed by atoms with E-state index in [4.69, 9.17) is 11.5 Å². The molecular weight excluding hydrogens is 402 g/mol. The summed E-state index contributed by atoms with van der Waals surface area (Å²) in [4.78, 5) is 59.2. The summed E-state index contributed by atoms with van der Waals surface area (Å²) in [5.74, 6) is -3.58. The van der Waals surface area contributed by atoms with Gasteiger partial charge in [-0.05, 0) is 30.8 Å². The van der Waals surface area contributed by atoms with E-state index >= 15 is 0 Å². The Kier molecular flexibility index (Phi) is 12.7. The number of nitrogens with two attached hydrogens (primary N) is 2. The number of carboxylic acids is 1. The number of thioether (sulfide) groups is 1. The van der Waals surface area contributed by atoms with E-state index in [-0.39, 0.29) is 18.8 Å². The first-order chi connectivity index (χ1) is 13.5. The van der Waals surface area contributed by atoms with Gasteiger partial charge < -0.3 is 32.5 Å². The van der Waals surface area contributed by atoms with Crippen LogP contribution in [0.5, 0.6) is 0 Å². The van der Waals surface area contributed by atoms with Crippen LogP contribution in [-0.2, 0) is 24.0 Å². The zero-order valence-electron chi connectivity index (χ0n) is 16.9. The molecule has 4 amide bonds. The third kappa shape index (κ3) is 11.3. The lowest BCUT2D eigenvalue weighted by Crippen LogP contribution is -2.57. The number of rotatable bonds is 14. The number of hydrogen-bond donors (Lipinski definition) is 6. The molecule has 8 N–H and O–H groups in total. The highest BCUT2D eigenvalue weighted by Crippen LogP contribution is 2.07. The molecule has 0 rings (SSSR count). The van der Waals surface area contributed by atoms with Crippen molar-refractivity contribution >= 4 is 41.4 Å². The fraction of sp³-hybridized carbons (Fsp3) is 0.706. The fourth-order valence-electron chi connectivity index (χ4n) is 2.41. The van der Waals surface area contributed by atoms with Gasteiger partial charge in [-0.25, -0.2) is 4.79 Å². The van der Waals surface area contributed by atoms with Crippen molar-refractivity contribution in [2.45, 2.75) is 51.2 Å². The number of nitrogens with one attached hydrogen (secondary N) is 3. The molecule has 166 valence electrons. The topological polar surface area (TPSA) is 194 Å². The minimum atomic E-state index is -1.29. The SMILES string of the molecule is CSCCC(NC(=O)C(CC(N)=O)NC(=O)CN)C(=O)NC(CC(C)C)C(=O)O. The van der Waals surface area contributed by atoms with E-state index in [9.17, 15) is 29.1 Å². The van der Waals surface area contributed by atoms with Crippen molar-refractivity contribution in [2.24, 2.45) is 17.4 Å². The van der Waals surface area contributed by atoms with Crippen LogP contribution in [-0.4, -0.2) is 71.4 Å². The first kappa shape index (κ1) is 26.7. The molecule has 12 heteroatoms. The van der Waals surface area contributed by atoms with Crippen LogP contribution in [0.4, 0.5) is 0 Å². The molecule has 3 atom stereocenters. The molecule has 0 aliphatic rings. The van der Waals surface area contributed by atoms with Crippen LogP contribution in [0.1, 0.15) is 33.1 Å². The normalized spacial score (nSPS) is 13.8. The van der Waals surface area contributed by atoms with E-state index in [1.807, 2.05) is 20.1 Å². The predicted molar refractivity (Wildman–Crippen MR) is 109 cm³/mol. The highest BCUT2D eigenvalue weighted by atomic mass is 32.2. The van der Waals surface area contributed by atoms with E-state index in [0.29, 0.717) is 5.75 Å². The summed E-state index contributed by atoms with van der Waals surface area (Å²) in [7, 11) is 0. The predicted octanol–water partition coefficient (Wildman–Crippen LogP) is -1.84. The number of aliphatic carboxylic acids is 1. The number of primary amides is 1. The van der Waals surface area contributed by atoms with Crippen LogP contribution in [0, 0.1) is 5.92 Å². The van der Waals surface area contributed by atoms with E-state index in [2.05, 4.69) is 16.0 Å². The van der Waals surface area contributed by atoms with E-state index in [0.717, 1.165) is 0 Å². The van der Waals surface area contributed by atoms with Gasteiger partial charge in [0.1, 0.15) is 18.1 Å². The molecule has 3 unspecified atom stereocenters. The number of carboxylic acid groups (broad SMARTS) is 1. The fourth-order valence-corrected chi connectivity index (χ4v) is 2.88. The maximum absolute atomic E-state index is 12.6. The second kappa shape index (κ2) is 13.8. The molecule has 11 nitrogen and oxygen atoms in total. The zero-order valence-corrected chi connectivity index (χ0v) is 17.7. The van der Waals surface area contributed by atoms with Crippen molar-refractivity contribution in [1.29, 1.82) is 0 Å². The molecule has 0 aromatic rings. The van der Waals surface area contributed by atoms with E-state index < -0.39 is 60.7 Å². The molecule has 0 saturated carbocycles. The van der Waals surface area contributed by atoms with Gasteiger partial charge in [-0.2, -0.15) is 11.8 Å². The summed E-state index contributed by atoms with van der Waals surface area (Å²) >= 11 is 1.44. The first-order valence-corrected chi connectivity index (χ1v) is 10.5. The van der Waals surface area contributed by atoms with Gasteiger partial charge in [0, 0.05) is 0 Å². The summed E-state index contributed by atoms with van der Waals surface area (Å²) in [6.45, 7) is 3.25. The molecule has 0 aliphatic carbocycles. The first-order valence-electron chi connectivity index (χ1n) is 9.11. The van der Waals surface area contributed by atoms with Crippen LogP contribution in [0.2, 0.25) is 0 Å². The summed E-state index contributed by atoms with van der Waals surface area (Å²) in [5, 5.41) is 16.5. The Labute approximate surface area is 174 Å². The summed E-state index contributed by atoms with van der Waals surface area (Å²) in [5.41, 5.74) is 10.3. The molecule has 0 bridgehead atoms. The molecular formula is C17H31N5O6S. The molecule has 0 spiro atoms. The maximum Gasteiger partial charge on any atom is 0.326 e. The Balaban J connectivity index is 5.32. The van der Waals surface area contributed by atoms with Gasteiger partial charge in [-0.15, -0.1) is 0 Å². The molecule has 29 heavy (non-hydrogen) atoms. The smallest absolute Gasteiger partial charge is 0.326 e. The van der Waals surface area contributed by atoms with Crippen LogP contribution < -0.4 is 27.4 Å². The van der Waals surface area contributed by atoms with Crippen LogP contribution in [0.25, 0.3) is 0 Å². The van der Waals surface area contributed by atoms with Gasteiger partial charge in [0.25, 0.3) is 0 Å². The van der Waals surface area contributed by atoms with Gasteiger partial charge in [0.05, 0.1) is 13.0 Å². The number of amides is 4. The lowest BCUT2D eigenvalue weighted by atomic mass is 10.0. The van der Waals surface area contributed by atoms with Crippen LogP contribution in [0.3, 0.4) is 0 Å². The largest absolute Gasteiger partial charge is 0.480 e. The minimum absolute atomic E-state index is 0.0297. The van der Waals surface area contributed by atoms with Crippen molar-refractivity contribution in [3.8, 4) is 0 Å². The second-order valence-corrected chi connectivity index (χ2v) is 7.85. The van der Waals surface area contributed by atoms with Crippen molar-refractivity contribution < 1.29 is 29.1 Å². The molecule has 0 aliphatic heterocycles. The summed E-state index contributed by atoms with van der Waals surface area (Å²) in [6.07, 6.45) is 1.79. The van der Waals surface area contributed by atoms with Gasteiger partial charge in [0.2, 0.25) is 23.6 Å². The Morgan fingerprint density at radius 3 is 1.97 bits per heavy atom. The maximum atomic E-state index is 12.6. The van der Waals surface area contributed by atoms with Crippen LogP contribution >= 0.6 is 11.8 Å². The van der Waals surface area contributed by atoms with Crippen LogP contribution in [0.15, 0.2) is 0 Å². The average molecular weight is 434 g/mol. The Morgan fingerprint density at radius 2 is 1.52 bits per heavy atom. The zero-order chi connectivity index (χ0) is 22.6. The minimum Gasteiger partial charge on any atom is -0.480 e. The van der Waals surface area contributed by atoms with Crippen molar-refractivity contribution in [2.75, 3.05) is 18.6 Å². The highest BCUT2D eigenvalue weighted by Gasteiger charge is 2.30. The Hall–Kier alpha value is -2.34. The molecule has 0 aromatic carbocycles. The van der Waals surface area contributed by atoms with E-state index in [1.165, 1.54) is 11.8 Å². The molecule has 0 aromatic heterocycles. The molecule has 0 heterocycles. The standard InChI is InChI=1S/C17H31N5O6S/c1-9(2)6-12(17(27)28)22-15(25)10(4-5-29-3)21-16(26)11(7-13(19)23)20-14(24)8-18/h9-12H,4-8,18H2,1-3H3,(H2,19,23)(H,20,24)(H,21,26)(H,22,25)(H,27,28). The van der Waals surface area contributed by atoms with Crippen molar-refractivity contribution in [3.05, 3.63) is 0 Å². The Bertz CT molecular complexity index is 601. The highest BCUT2D eigenvalue weighted by molar-refractivity contribution is 7.98. The molecule has 0 radical (unpaired) electrons. The lowest BCUT2D eigenvalue weighted by Gasteiger charge is -2.24. The van der Waals surface area contributed by atoms with E-state index in [1.54, 1.807) is 0 Å². The summed E-state index contributed by atoms with van der Waals surface area (Å²) in [6, 6.07) is -3.44. The van der Waals surface area contributed by atoms with Crippen molar-refractivity contribution in [3.63, 3.8) is 0 Å². The third-order valence-corrected chi connectivity index (χ3v) is 4.45. The number of hydrogen-bond acceptors (Lipinski definition) is 7. The monoisotopic (exact) mass is 433 g/mol. The lowest BCUT2D eigenvalue weighted by molar-refractivity contribution is -0.143. The Morgan fingerprint density at radius 1 is 0.966 bits per heavy atom. The quantitative estimate of drug-likeness (QED) is 0.184. The number of carbonyl (C=O) groups is 5. The second-order valence-electron chi connectivity index (χ2n) is 6.87. The van der Waals surface area contributed by atoms with Gasteiger partial charge >= 0.3 is 5.97 Å². The average Bonchev–Trinajstić information content (AvgIpc) is 2.62.